The molecular formula is C19H26Cl2N4. The predicted octanol–water partition coefficient (Wildman–Crippen LogP) is 3.88. The molecule has 0 bridgehead atoms. The summed E-state index contributed by atoms with van der Waals surface area (Å²) in [6.45, 7) is 8.66. The SMILES string of the molecule is C=C(NC)C1=C(NC(C)N)C(CNc2ccc(Cl)cc2C)=CC(Cl)C1. The van der Waals surface area contributed by atoms with Crippen LogP contribution in [0.1, 0.15) is 18.9 Å². The van der Waals surface area contributed by atoms with Gasteiger partial charge in [0.1, 0.15) is 0 Å². The van der Waals surface area contributed by atoms with E-state index in [1.807, 2.05) is 39.1 Å². The first kappa shape index (κ1) is 19.7. The fourth-order valence-corrected chi connectivity index (χ4v) is 3.38. The minimum Gasteiger partial charge on any atom is -0.388 e. The van der Waals surface area contributed by atoms with Crippen molar-refractivity contribution < 1.29 is 0 Å². The van der Waals surface area contributed by atoms with Crippen molar-refractivity contribution in [3.05, 3.63) is 64.0 Å². The summed E-state index contributed by atoms with van der Waals surface area (Å²) >= 11 is 12.5. The Labute approximate surface area is 160 Å². The van der Waals surface area contributed by atoms with Crippen molar-refractivity contribution in [1.82, 2.24) is 10.6 Å². The summed E-state index contributed by atoms with van der Waals surface area (Å²) in [5.41, 5.74) is 12.1. The summed E-state index contributed by atoms with van der Waals surface area (Å²) in [6.07, 6.45) is 2.60. The number of hydrogen-bond donors (Lipinski definition) is 4. The van der Waals surface area contributed by atoms with Gasteiger partial charge in [-0.15, -0.1) is 11.6 Å². The van der Waals surface area contributed by atoms with Gasteiger partial charge < -0.3 is 21.7 Å². The highest BCUT2D eigenvalue weighted by Crippen LogP contribution is 2.30. The largest absolute Gasteiger partial charge is 0.388 e. The van der Waals surface area contributed by atoms with Gasteiger partial charge in [0.15, 0.2) is 0 Å². The van der Waals surface area contributed by atoms with Crippen LogP contribution >= 0.6 is 23.2 Å². The first-order chi connectivity index (χ1) is 11.8. The second kappa shape index (κ2) is 8.65. The Kier molecular flexibility index (Phi) is 6.82. The lowest BCUT2D eigenvalue weighted by Crippen LogP contribution is -2.37. The molecule has 6 heteroatoms. The highest BCUT2D eigenvalue weighted by atomic mass is 35.5. The van der Waals surface area contributed by atoms with Crippen LogP contribution in [0.4, 0.5) is 5.69 Å². The average molecular weight is 381 g/mol. The van der Waals surface area contributed by atoms with Crippen molar-refractivity contribution in [2.45, 2.75) is 31.8 Å². The van der Waals surface area contributed by atoms with E-state index >= 15 is 0 Å². The van der Waals surface area contributed by atoms with Crippen LogP contribution in [0.3, 0.4) is 0 Å². The molecule has 1 aliphatic rings. The van der Waals surface area contributed by atoms with E-state index in [0.717, 1.165) is 38.8 Å². The highest BCUT2D eigenvalue weighted by molar-refractivity contribution is 6.30. The molecule has 2 rings (SSSR count). The zero-order valence-corrected chi connectivity index (χ0v) is 16.4. The van der Waals surface area contributed by atoms with Gasteiger partial charge in [-0.1, -0.05) is 24.3 Å². The molecule has 136 valence electrons. The summed E-state index contributed by atoms with van der Waals surface area (Å²) < 4.78 is 0. The first-order valence-electron chi connectivity index (χ1n) is 8.29. The van der Waals surface area contributed by atoms with E-state index < -0.39 is 0 Å². The standard InChI is InChI=1S/C19H26Cl2N4/c1-11-7-15(20)5-6-18(11)24-10-14-8-16(21)9-17(12(2)23-4)19(14)25-13(3)22/h5-8,13,16,23-25H,2,9-10,22H2,1,3-4H3. The predicted molar refractivity (Wildman–Crippen MR) is 109 cm³/mol. The van der Waals surface area contributed by atoms with Crippen LogP contribution in [-0.2, 0) is 0 Å². The van der Waals surface area contributed by atoms with Gasteiger partial charge in [0, 0.05) is 35.7 Å². The first-order valence-corrected chi connectivity index (χ1v) is 9.10. The number of nitrogens with one attached hydrogen (secondary N) is 3. The third-order valence-electron chi connectivity index (χ3n) is 4.10. The molecule has 0 radical (unpaired) electrons. The van der Waals surface area contributed by atoms with Crippen molar-refractivity contribution in [2.75, 3.05) is 18.9 Å². The van der Waals surface area contributed by atoms with Gasteiger partial charge in [-0.2, -0.15) is 0 Å². The summed E-state index contributed by atoms with van der Waals surface area (Å²) in [7, 11) is 1.86. The average Bonchev–Trinajstić information content (AvgIpc) is 2.54. The Balaban J connectivity index is 2.28. The van der Waals surface area contributed by atoms with E-state index in [4.69, 9.17) is 28.9 Å². The maximum absolute atomic E-state index is 6.46. The minimum atomic E-state index is -0.179. The third-order valence-corrected chi connectivity index (χ3v) is 4.62. The number of halogens is 2. The molecule has 0 heterocycles. The van der Waals surface area contributed by atoms with Crippen LogP contribution in [-0.4, -0.2) is 25.1 Å². The van der Waals surface area contributed by atoms with E-state index in [9.17, 15) is 0 Å². The molecule has 0 amide bonds. The van der Waals surface area contributed by atoms with Gasteiger partial charge >= 0.3 is 0 Å². The van der Waals surface area contributed by atoms with Gasteiger partial charge in [-0.25, -0.2) is 0 Å². The van der Waals surface area contributed by atoms with E-state index in [1.165, 1.54) is 0 Å². The van der Waals surface area contributed by atoms with Crippen LogP contribution in [0.15, 0.2) is 53.4 Å². The number of hydrogen-bond acceptors (Lipinski definition) is 4. The molecule has 1 aromatic rings. The number of alkyl halides is 1. The van der Waals surface area contributed by atoms with Crippen LogP contribution in [0, 0.1) is 6.92 Å². The van der Waals surface area contributed by atoms with Gasteiger partial charge in [-0.3, -0.25) is 0 Å². The molecule has 0 saturated carbocycles. The van der Waals surface area contributed by atoms with E-state index in [1.54, 1.807) is 0 Å². The van der Waals surface area contributed by atoms with E-state index in [-0.39, 0.29) is 11.5 Å². The fourth-order valence-electron chi connectivity index (χ4n) is 2.85. The number of allylic oxidation sites excluding steroid dienone is 2. The number of anilines is 1. The monoisotopic (exact) mass is 380 g/mol. The number of likely N-dealkylation sites (N-methyl/N-ethyl adjacent to an activating group) is 1. The molecule has 2 unspecified atom stereocenters. The minimum absolute atomic E-state index is 0.0816. The van der Waals surface area contributed by atoms with Crippen molar-refractivity contribution in [3.8, 4) is 0 Å². The number of rotatable bonds is 7. The molecule has 0 saturated heterocycles. The molecule has 5 N–H and O–H groups in total. The smallest absolute Gasteiger partial charge is 0.0714 e. The molecule has 1 aliphatic carbocycles. The Hall–Kier alpha value is -1.62. The molecule has 0 fully saturated rings. The molecule has 0 spiro atoms. The number of aryl methyl sites for hydroxylation is 1. The molecule has 0 aromatic heterocycles. The Bertz CT molecular complexity index is 707. The highest BCUT2D eigenvalue weighted by Gasteiger charge is 2.23. The molecule has 25 heavy (non-hydrogen) atoms. The lowest BCUT2D eigenvalue weighted by atomic mass is 9.93. The normalized spacial score (nSPS) is 18.5. The second-order valence-corrected chi connectivity index (χ2v) is 7.24. The van der Waals surface area contributed by atoms with Crippen LogP contribution in [0.5, 0.6) is 0 Å². The van der Waals surface area contributed by atoms with E-state index in [2.05, 4.69) is 28.6 Å². The molecule has 1 aromatic carbocycles. The Morgan fingerprint density at radius 1 is 1.44 bits per heavy atom. The quantitative estimate of drug-likeness (QED) is 0.428. The van der Waals surface area contributed by atoms with Crippen molar-refractivity contribution in [2.24, 2.45) is 5.73 Å². The van der Waals surface area contributed by atoms with Crippen molar-refractivity contribution in [3.63, 3.8) is 0 Å². The summed E-state index contributed by atoms with van der Waals surface area (Å²) in [5, 5.41) is 10.6. The van der Waals surface area contributed by atoms with Crippen LogP contribution in [0.25, 0.3) is 0 Å². The van der Waals surface area contributed by atoms with Crippen LogP contribution < -0.4 is 21.7 Å². The number of benzene rings is 1. The van der Waals surface area contributed by atoms with Gasteiger partial charge in [0.05, 0.1) is 11.5 Å². The summed E-state index contributed by atoms with van der Waals surface area (Å²) in [6, 6.07) is 5.80. The molecule has 0 aliphatic heterocycles. The third kappa shape index (κ3) is 5.18. The molecule has 4 nitrogen and oxygen atoms in total. The molecular weight excluding hydrogens is 355 g/mol. The lowest BCUT2D eigenvalue weighted by molar-refractivity contribution is 0.630. The summed E-state index contributed by atoms with van der Waals surface area (Å²) in [4.78, 5) is 0. The van der Waals surface area contributed by atoms with Crippen LogP contribution in [0.2, 0.25) is 5.02 Å². The van der Waals surface area contributed by atoms with Gasteiger partial charge in [0.2, 0.25) is 0 Å². The Morgan fingerprint density at radius 3 is 2.76 bits per heavy atom. The fraction of sp³-hybridized carbons (Fsp3) is 0.368. The van der Waals surface area contributed by atoms with Gasteiger partial charge in [0.25, 0.3) is 0 Å². The number of nitrogens with two attached hydrogens (primary N) is 1. The summed E-state index contributed by atoms with van der Waals surface area (Å²) in [5.74, 6) is 0. The zero-order chi connectivity index (χ0) is 18.6. The Morgan fingerprint density at radius 2 is 2.16 bits per heavy atom. The topological polar surface area (TPSA) is 62.1 Å². The van der Waals surface area contributed by atoms with Crippen molar-refractivity contribution >= 4 is 28.9 Å². The lowest BCUT2D eigenvalue weighted by Gasteiger charge is -2.28. The van der Waals surface area contributed by atoms with Gasteiger partial charge in [-0.05, 0) is 55.2 Å². The maximum atomic E-state index is 6.46. The zero-order valence-electron chi connectivity index (χ0n) is 14.9. The van der Waals surface area contributed by atoms with E-state index in [0.29, 0.717) is 13.0 Å². The second-order valence-electron chi connectivity index (χ2n) is 6.24. The maximum Gasteiger partial charge on any atom is 0.0714 e. The molecule has 2 atom stereocenters. The van der Waals surface area contributed by atoms with Crippen molar-refractivity contribution in [1.29, 1.82) is 0 Å².